The minimum atomic E-state index is -0.331. The fourth-order valence-electron chi connectivity index (χ4n) is 2.94. The van der Waals surface area contributed by atoms with E-state index in [0.29, 0.717) is 33.2 Å². The number of ether oxygens (including phenoxy) is 3. The minimum Gasteiger partial charge on any atom is -0.492 e. The molecule has 30 heavy (non-hydrogen) atoms. The molecule has 0 N–H and O–H groups in total. The summed E-state index contributed by atoms with van der Waals surface area (Å²) in [6.07, 6.45) is 1.68. The molecule has 0 bridgehead atoms. The Morgan fingerprint density at radius 1 is 1.17 bits per heavy atom. The van der Waals surface area contributed by atoms with Crippen LogP contribution in [0.15, 0.2) is 45.8 Å². The van der Waals surface area contributed by atoms with Crippen LogP contribution in [0.1, 0.15) is 18.1 Å². The predicted molar refractivity (Wildman–Crippen MR) is 121 cm³/mol. The van der Waals surface area contributed by atoms with E-state index in [2.05, 4.69) is 15.9 Å². The van der Waals surface area contributed by atoms with E-state index in [9.17, 15) is 9.59 Å². The van der Waals surface area contributed by atoms with Crippen LogP contribution in [-0.2, 0) is 4.79 Å². The van der Waals surface area contributed by atoms with Crippen molar-refractivity contribution in [3.8, 4) is 17.2 Å². The summed E-state index contributed by atoms with van der Waals surface area (Å²) in [5.74, 6) is 1.52. The topological polar surface area (TPSA) is 65.1 Å². The van der Waals surface area contributed by atoms with E-state index in [0.717, 1.165) is 22.9 Å². The molecule has 1 heterocycles. The molecule has 2 aromatic carbocycles. The van der Waals surface area contributed by atoms with E-state index in [1.54, 1.807) is 19.3 Å². The van der Waals surface area contributed by atoms with Crippen LogP contribution in [0, 0.1) is 6.92 Å². The van der Waals surface area contributed by atoms with E-state index >= 15 is 0 Å². The molecule has 8 heteroatoms. The van der Waals surface area contributed by atoms with Crippen LogP contribution in [-0.4, -0.2) is 42.9 Å². The maximum absolute atomic E-state index is 12.7. The lowest BCUT2D eigenvalue weighted by Crippen LogP contribution is -2.32. The van der Waals surface area contributed by atoms with E-state index in [-0.39, 0.29) is 24.3 Å². The second-order valence-electron chi connectivity index (χ2n) is 6.47. The molecule has 0 spiro atoms. The molecule has 0 saturated carbocycles. The molecule has 158 valence electrons. The highest BCUT2D eigenvalue weighted by molar-refractivity contribution is 9.10. The number of hydrogen-bond donors (Lipinski definition) is 0. The third kappa shape index (κ3) is 5.17. The van der Waals surface area contributed by atoms with Gasteiger partial charge in [-0.3, -0.25) is 14.5 Å². The molecule has 2 amide bonds. The summed E-state index contributed by atoms with van der Waals surface area (Å²) < 4.78 is 17.3. The smallest absolute Gasteiger partial charge is 0.293 e. The second kappa shape index (κ2) is 10.0. The quantitative estimate of drug-likeness (QED) is 0.468. The summed E-state index contributed by atoms with van der Waals surface area (Å²) in [6, 6.07) is 11.2. The monoisotopic (exact) mass is 491 g/mol. The van der Waals surface area contributed by atoms with Gasteiger partial charge in [0, 0.05) is 0 Å². The van der Waals surface area contributed by atoms with Crippen LogP contribution >= 0.6 is 27.7 Å². The van der Waals surface area contributed by atoms with Crippen LogP contribution in [0.25, 0.3) is 6.08 Å². The zero-order valence-corrected chi connectivity index (χ0v) is 19.3. The van der Waals surface area contributed by atoms with Crippen LogP contribution in [0.5, 0.6) is 17.2 Å². The zero-order chi connectivity index (χ0) is 21.7. The van der Waals surface area contributed by atoms with Crippen molar-refractivity contribution in [1.82, 2.24) is 4.90 Å². The summed E-state index contributed by atoms with van der Waals surface area (Å²) in [7, 11) is 1.56. The molecule has 1 saturated heterocycles. The van der Waals surface area contributed by atoms with Gasteiger partial charge in [0.15, 0.2) is 11.5 Å². The van der Waals surface area contributed by atoms with Crippen molar-refractivity contribution in [2.75, 3.05) is 26.9 Å². The van der Waals surface area contributed by atoms with Crippen molar-refractivity contribution in [2.45, 2.75) is 13.8 Å². The van der Waals surface area contributed by atoms with Gasteiger partial charge in [-0.15, -0.1) is 0 Å². The van der Waals surface area contributed by atoms with Gasteiger partial charge in [0.05, 0.1) is 29.6 Å². The molecule has 6 nitrogen and oxygen atoms in total. The molecule has 0 aromatic heterocycles. The number of amides is 2. The van der Waals surface area contributed by atoms with E-state index in [1.165, 1.54) is 4.90 Å². The van der Waals surface area contributed by atoms with Gasteiger partial charge in [0.25, 0.3) is 11.1 Å². The Bertz CT molecular complexity index is 991. The minimum absolute atomic E-state index is 0.187. The van der Waals surface area contributed by atoms with Crippen LogP contribution in [0.3, 0.4) is 0 Å². The molecule has 1 fully saturated rings. The van der Waals surface area contributed by atoms with Gasteiger partial charge < -0.3 is 14.2 Å². The number of aryl methyl sites for hydroxylation is 1. The van der Waals surface area contributed by atoms with Gasteiger partial charge in [-0.2, -0.15) is 0 Å². The molecule has 0 aliphatic carbocycles. The lowest BCUT2D eigenvalue weighted by molar-refractivity contribution is -0.123. The number of carbonyl (C=O) groups is 2. The highest BCUT2D eigenvalue weighted by Gasteiger charge is 2.34. The summed E-state index contributed by atoms with van der Waals surface area (Å²) in [5.41, 5.74) is 1.81. The maximum atomic E-state index is 12.7. The van der Waals surface area contributed by atoms with Crippen molar-refractivity contribution in [3.63, 3.8) is 0 Å². The number of methoxy groups -OCH3 is 1. The Morgan fingerprint density at radius 3 is 2.67 bits per heavy atom. The molecule has 0 atom stereocenters. The van der Waals surface area contributed by atoms with Gasteiger partial charge in [0.1, 0.15) is 12.4 Å². The zero-order valence-electron chi connectivity index (χ0n) is 16.9. The fourth-order valence-corrected chi connectivity index (χ4v) is 4.42. The average Bonchev–Trinajstić information content (AvgIpc) is 2.95. The number of rotatable bonds is 8. The standard InChI is InChI=1S/C22H22BrNO5S/c1-4-28-18-12-15(11-17(23)20(18)27-3)13-19-21(25)24(22(26)30-19)8-9-29-16-7-5-6-14(2)10-16/h5-7,10-13H,4,8-9H2,1-3H3/b19-13-. The third-order valence-corrected chi connectivity index (χ3v) is 5.78. The van der Waals surface area contributed by atoms with Crippen molar-refractivity contribution in [3.05, 3.63) is 56.9 Å². The SMILES string of the molecule is CCOc1cc(/C=C2\SC(=O)N(CCOc3cccc(C)c3)C2=O)cc(Br)c1OC. The summed E-state index contributed by atoms with van der Waals surface area (Å²) >= 11 is 4.37. The Hall–Kier alpha value is -2.45. The predicted octanol–water partition coefficient (Wildman–Crippen LogP) is 5.28. The van der Waals surface area contributed by atoms with Crippen molar-refractivity contribution < 1.29 is 23.8 Å². The molecular formula is C22H22BrNO5S. The Balaban J connectivity index is 1.71. The van der Waals surface area contributed by atoms with Crippen LogP contribution in [0.4, 0.5) is 4.79 Å². The first-order valence-electron chi connectivity index (χ1n) is 9.38. The molecule has 3 rings (SSSR count). The lowest BCUT2D eigenvalue weighted by atomic mass is 10.2. The Labute approximate surface area is 188 Å². The molecular weight excluding hydrogens is 470 g/mol. The summed E-state index contributed by atoms with van der Waals surface area (Å²) in [5, 5.41) is -0.309. The number of benzene rings is 2. The van der Waals surface area contributed by atoms with Gasteiger partial charge in [-0.1, -0.05) is 12.1 Å². The fraction of sp³-hybridized carbons (Fsp3) is 0.273. The molecule has 0 radical (unpaired) electrons. The Morgan fingerprint density at radius 2 is 1.97 bits per heavy atom. The van der Waals surface area contributed by atoms with E-state index in [4.69, 9.17) is 14.2 Å². The average molecular weight is 492 g/mol. The largest absolute Gasteiger partial charge is 0.492 e. The molecule has 1 aliphatic rings. The normalized spacial score (nSPS) is 15.1. The summed E-state index contributed by atoms with van der Waals surface area (Å²) in [4.78, 5) is 26.6. The number of imide groups is 1. The van der Waals surface area contributed by atoms with Crippen molar-refractivity contribution >= 4 is 44.9 Å². The first-order valence-corrected chi connectivity index (χ1v) is 11.0. The van der Waals surface area contributed by atoms with E-state index < -0.39 is 0 Å². The number of nitrogens with zero attached hydrogens (tertiary/aromatic N) is 1. The lowest BCUT2D eigenvalue weighted by Gasteiger charge is -2.13. The van der Waals surface area contributed by atoms with Gasteiger partial charge in [0.2, 0.25) is 0 Å². The number of hydrogen-bond acceptors (Lipinski definition) is 6. The van der Waals surface area contributed by atoms with Crippen molar-refractivity contribution in [1.29, 1.82) is 0 Å². The van der Waals surface area contributed by atoms with Gasteiger partial charge >= 0.3 is 0 Å². The van der Waals surface area contributed by atoms with Crippen molar-refractivity contribution in [2.24, 2.45) is 0 Å². The molecule has 1 aliphatic heterocycles. The third-order valence-electron chi connectivity index (χ3n) is 4.28. The number of thioether (sulfide) groups is 1. The Kier molecular flexibility index (Phi) is 7.44. The van der Waals surface area contributed by atoms with Gasteiger partial charge in [-0.05, 0) is 83.0 Å². The summed E-state index contributed by atoms with van der Waals surface area (Å²) in [6.45, 7) is 4.75. The van der Waals surface area contributed by atoms with Crippen LogP contribution < -0.4 is 14.2 Å². The first-order chi connectivity index (χ1) is 14.4. The second-order valence-corrected chi connectivity index (χ2v) is 8.31. The maximum Gasteiger partial charge on any atom is 0.293 e. The highest BCUT2D eigenvalue weighted by Crippen LogP contribution is 2.39. The number of carbonyl (C=O) groups excluding carboxylic acids is 2. The van der Waals surface area contributed by atoms with Crippen LogP contribution in [0.2, 0.25) is 0 Å². The van der Waals surface area contributed by atoms with Gasteiger partial charge in [-0.25, -0.2) is 0 Å². The first kappa shape index (κ1) is 22.2. The highest BCUT2D eigenvalue weighted by atomic mass is 79.9. The molecule has 0 unspecified atom stereocenters. The molecule has 2 aromatic rings. The van der Waals surface area contributed by atoms with E-state index in [1.807, 2.05) is 44.2 Å². The number of halogens is 1.